The molecule has 0 saturated carbocycles. The van der Waals surface area contributed by atoms with Crippen molar-refractivity contribution in [3.05, 3.63) is 54.5 Å². The third kappa shape index (κ3) is 2.94. The standard InChI is InChI=1S/C11H9NO4S/c13-17(14,11-4-2-1-3-5-11)16-12-8-10-6-7-15-9-10/h1-9H/b12-8+. The molecular weight excluding hydrogens is 242 g/mol. The van der Waals surface area contributed by atoms with Crippen molar-refractivity contribution >= 4 is 16.3 Å². The van der Waals surface area contributed by atoms with Crippen LogP contribution in [-0.4, -0.2) is 14.6 Å². The highest BCUT2D eigenvalue weighted by Crippen LogP contribution is 2.11. The largest absolute Gasteiger partial charge is 0.472 e. The normalized spacial score (nSPS) is 11.8. The fourth-order valence-electron chi connectivity index (χ4n) is 1.12. The fourth-order valence-corrected chi connectivity index (χ4v) is 1.85. The predicted octanol–water partition coefficient (Wildman–Crippen LogP) is 2.02. The lowest BCUT2D eigenvalue weighted by Crippen LogP contribution is -2.02. The molecule has 88 valence electrons. The van der Waals surface area contributed by atoms with Crippen LogP contribution in [0.4, 0.5) is 0 Å². The summed E-state index contributed by atoms with van der Waals surface area (Å²) in [6, 6.07) is 9.42. The van der Waals surface area contributed by atoms with Crippen LogP contribution in [0.25, 0.3) is 0 Å². The summed E-state index contributed by atoms with van der Waals surface area (Å²) in [6.07, 6.45) is 4.12. The van der Waals surface area contributed by atoms with Crippen molar-refractivity contribution in [1.82, 2.24) is 0 Å². The van der Waals surface area contributed by atoms with Crippen molar-refractivity contribution in [3.8, 4) is 0 Å². The molecule has 0 saturated heterocycles. The third-order valence-corrected chi connectivity index (χ3v) is 3.05. The minimum atomic E-state index is -3.84. The van der Waals surface area contributed by atoms with Crippen molar-refractivity contribution in [2.45, 2.75) is 4.90 Å². The predicted molar refractivity (Wildman–Crippen MR) is 61.0 cm³/mol. The maximum absolute atomic E-state index is 11.6. The van der Waals surface area contributed by atoms with E-state index in [1.54, 1.807) is 24.3 Å². The van der Waals surface area contributed by atoms with E-state index in [0.29, 0.717) is 5.56 Å². The number of hydrogen-bond acceptors (Lipinski definition) is 5. The molecule has 0 amide bonds. The number of benzene rings is 1. The van der Waals surface area contributed by atoms with Gasteiger partial charge in [0.15, 0.2) is 0 Å². The van der Waals surface area contributed by atoms with E-state index < -0.39 is 10.1 Å². The molecule has 0 atom stereocenters. The number of oxime groups is 1. The van der Waals surface area contributed by atoms with Gasteiger partial charge in [0.1, 0.15) is 4.90 Å². The second-order valence-electron chi connectivity index (χ2n) is 3.13. The number of rotatable bonds is 4. The Hall–Kier alpha value is -2.08. The first-order chi connectivity index (χ1) is 8.18. The molecule has 0 radical (unpaired) electrons. The quantitative estimate of drug-likeness (QED) is 0.615. The summed E-state index contributed by atoms with van der Waals surface area (Å²) >= 11 is 0. The van der Waals surface area contributed by atoms with Crippen LogP contribution in [0, 0.1) is 0 Å². The van der Waals surface area contributed by atoms with Crippen LogP contribution in [0.1, 0.15) is 5.56 Å². The smallest absolute Gasteiger partial charge is 0.358 e. The molecule has 0 bridgehead atoms. The Morgan fingerprint density at radius 1 is 1.18 bits per heavy atom. The Morgan fingerprint density at radius 2 is 1.94 bits per heavy atom. The zero-order valence-corrected chi connectivity index (χ0v) is 9.50. The summed E-state index contributed by atoms with van der Waals surface area (Å²) in [5.41, 5.74) is 0.619. The first-order valence-corrected chi connectivity index (χ1v) is 6.13. The van der Waals surface area contributed by atoms with Crippen LogP contribution < -0.4 is 0 Å². The lowest BCUT2D eigenvalue weighted by atomic mass is 10.4. The molecule has 0 aliphatic rings. The molecule has 1 aromatic heterocycles. The van der Waals surface area contributed by atoms with Crippen LogP contribution in [0.15, 0.2) is 63.4 Å². The summed E-state index contributed by atoms with van der Waals surface area (Å²) in [7, 11) is -3.84. The molecule has 0 aliphatic carbocycles. The summed E-state index contributed by atoms with van der Waals surface area (Å²) in [4.78, 5) is 0.0596. The first-order valence-electron chi connectivity index (χ1n) is 4.73. The molecule has 1 aromatic carbocycles. The van der Waals surface area contributed by atoms with Gasteiger partial charge in [0, 0.05) is 5.56 Å². The summed E-state index contributed by atoms with van der Waals surface area (Å²) in [6.45, 7) is 0. The minimum absolute atomic E-state index is 0.0596. The van der Waals surface area contributed by atoms with Crippen LogP contribution in [-0.2, 0) is 14.4 Å². The average Bonchev–Trinajstić information content (AvgIpc) is 2.83. The topological polar surface area (TPSA) is 68.9 Å². The summed E-state index contributed by atoms with van der Waals surface area (Å²) < 4.78 is 32.5. The Bertz CT molecular complexity index is 588. The molecule has 0 aliphatic heterocycles. The lowest BCUT2D eigenvalue weighted by molar-refractivity contribution is 0.341. The SMILES string of the molecule is O=S(=O)(O/N=C/c1ccoc1)c1ccccc1. The highest BCUT2D eigenvalue weighted by molar-refractivity contribution is 7.86. The van der Waals surface area contributed by atoms with E-state index in [9.17, 15) is 8.42 Å². The Labute approximate surface area is 98.4 Å². The number of nitrogens with zero attached hydrogens (tertiary/aromatic N) is 1. The number of furan rings is 1. The fraction of sp³-hybridized carbons (Fsp3) is 0. The van der Waals surface area contributed by atoms with Crippen molar-refractivity contribution in [2.75, 3.05) is 0 Å². The molecule has 0 spiro atoms. The molecule has 2 aromatic rings. The van der Waals surface area contributed by atoms with Crippen molar-refractivity contribution in [2.24, 2.45) is 5.16 Å². The maximum Gasteiger partial charge on any atom is 0.358 e. The number of hydrogen-bond donors (Lipinski definition) is 0. The van der Waals surface area contributed by atoms with E-state index in [4.69, 9.17) is 4.42 Å². The van der Waals surface area contributed by atoms with Gasteiger partial charge < -0.3 is 4.42 Å². The second kappa shape index (κ2) is 4.84. The van der Waals surface area contributed by atoms with E-state index in [1.807, 2.05) is 0 Å². The van der Waals surface area contributed by atoms with E-state index in [1.165, 1.54) is 30.9 Å². The molecule has 2 rings (SSSR count). The molecule has 17 heavy (non-hydrogen) atoms. The van der Waals surface area contributed by atoms with Crippen LogP contribution in [0.5, 0.6) is 0 Å². The van der Waals surface area contributed by atoms with Gasteiger partial charge in [0.2, 0.25) is 0 Å². The van der Waals surface area contributed by atoms with Crippen molar-refractivity contribution in [1.29, 1.82) is 0 Å². The zero-order valence-electron chi connectivity index (χ0n) is 8.68. The van der Waals surface area contributed by atoms with E-state index in [0.717, 1.165) is 0 Å². The van der Waals surface area contributed by atoms with Crippen LogP contribution >= 0.6 is 0 Å². The maximum atomic E-state index is 11.6. The van der Waals surface area contributed by atoms with Gasteiger partial charge in [0.25, 0.3) is 0 Å². The summed E-state index contributed by atoms with van der Waals surface area (Å²) in [5, 5.41) is 3.39. The van der Waals surface area contributed by atoms with Gasteiger partial charge in [-0.15, -0.1) is 0 Å². The van der Waals surface area contributed by atoms with Gasteiger partial charge in [0.05, 0.1) is 18.7 Å². The van der Waals surface area contributed by atoms with E-state index >= 15 is 0 Å². The van der Waals surface area contributed by atoms with E-state index in [2.05, 4.69) is 9.44 Å². The van der Waals surface area contributed by atoms with Gasteiger partial charge in [-0.3, -0.25) is 4.28 Å². The molecular formula is C11H9NO4S. The lowest BCUT2D eigenvalue weighted by Gasteiger charge is -1.99. The average molecular weight is 251 g/mol. The monoisotopic (exact) mass is 251 g/mol. The Balaban J connectivity index is 2.09. The molecule has 0 fully saturated rings. The Morgan fingerprint density at radius 3 is 2.59 bits per heavy atom. The summed E-state index contributed by atoms with van der Waals surface area (Å²) in [5.74, 6) is 0. The molecule has 0 unspecified atom stereocenters. The van der Waals surface area contributed by atoms with E-state index in [-0.39, 0.29) is 4.90 Å². The van der Waals surface area contributed by atoms with Gasteiger partial charge in [-0.05, 0) is 18.2 Å². The van der Waals surface area contributed by atoms with Crippen LogP contribution in [0.2, 0.25) is 0 Å². The van der Waals surface area contributed by atoms with Crippen LogP contribution in [0.3, 0.4) is 0 Å². The van der Waals surface area contributed by atoms with Gasteiger partial charge in [-0.2, -0.15) is 8.42 Å². The highest BCUT2D eigenvalue weighted by Gasteiger charge is 2.14. The molecule has 6 heteroatoms. The van der Waals surface area contributed by atoms with Gasteiger partial charge in [-0.1, -0.05) is 23.4 Å². The first kappa shape index (κ1) is 11.4. The highest BCUT2D eigenvalue weighted by atomic mass is 32.2. The third-order valence-electron chi connectivity index (χ3n) is 1.92. The van der Waals surface area contributed by atoms with Gasteiger partial charge in [-0.25, -0.2) is 0 Å². The second-order valence-corrected chi connectivity index (χ2v) is 4.66. The molecule has 1 heterocycles. The van der Waals surface area contributed by atoms with Crippen molar-refractivity contribution in [3.63, 3.8) is 0 Å². The minimum Gasteiger partial charge on any atom is -0.472 e. The van der Waals surface area contributed by atoms with Gasteiger partial charge >= 0.3 is 10.1 Å². The molecule has 5 nitrogen and oxygen atoms in total. The zero-order chi connectivity index (χ0) is 12.1. The Kier molecular flexibility index (Phi) is 3.24. The molecule has 0 N–H and O–H groups in total. The van der Waals surface area contributed by atoms with Crippen molar-refractivity contribution < 1.29 is 17.1 Å².